The Bertz CT molecular complexity index is 383. The van der Waals surface area contributed by atoms with Crippen LogP contribution in [0.25, 0.3) is 0 Å². The molecule has 0 bridgehead atoms. The van der Waals surface area contributed by atoms with Crippen molar-refractivity contribution in [2.75, 3.05) is 46.9 Å². The smallest absolute Gasteiger partial charge is 0.191 e. The zero-order valence-electron chi connectivity index (χ0n) is 16.9. The van der Waals surface area contributed by atoms with Crippen LogP contribution in [0.4, 0.5) is 0 Å². The van der Waals surface area contributed by atoms with E-state index in [0.29, 0.717) is 6.04 Å². The van der Waals surface area contributed by atoms with E-state index in [0.717, 1.165) is 43.4 Å². The molecule has 0 radical (unpaired) electrons. The fourth-order valence-corrected chi connectivity index (χ4v) is 4.19. The number of piperidine rings is 1. The van der Waals surface area contributed by atoms with Gasteiger partial charge in [-0.1, -0.05) is 13.8 Å². The molecular weight excluding hydrogens is 312 g/mol. The van der Waals surface area contributed by atoms with E-state index in [2.05, 4.69) is 34.4 Å². The van der Waals surface area contributed by atoms with Crippen LogP contribution < -0.4 is 10.6 Å². The molecule has 2 N–H and O–H groups in total. The molecule has 5 nitrogen and oxygen atoms in total. The maximum absolute atomic E-state index is 5.18. The van der Waals surface area contributed by atoms with Gasteiger partial charge < -0.3 is 20.3 Å². The second-order valence-corrected chi connectivity index (χ2v) is 8.23. The number of nitrogens with zero attached hydrogens (tertiary/aromatic N) is 2. The highest BCUT2D eigenvalue weighted by atomic mass is 16.5. The zero-order valence-corrected chi connectivity index (χ0v) is 16.9. The van der Waals surface area contributed by atoms with E-state index in [-0.39, 0.29) is 0 Å². The molecule has 1 aliphatic carbocycles. The third-order valence-electron chi connectivity index (χ3n) is 6.16. The third kappa shape index (κ3) is 7.14. The summed E-state index contributed by atoms with van der Waals surface area (Å²) >= 11 is 0. The molecule has 1 aliphatic heterocycles. The second kappa shape index (κ2) is 11.0. The maximum atomic E-state index is 5.18. The van der Waals surface area contributed by atoms with Gasteiger partial charge in [-0.15, -0.1) is 0 Å². The van der Waals surface area contributed by atoms with Crippen LogP contribution in [0.5, 0.6) is 0 Å². The van der Waals surface area contributed by atoms with E-state index in [4.69, 9.17) is 4.74 Å². The van der Waals surface area contributed by atoms with Gasteiger partial charge in [0.05, 0.1) is 6.61 Å². The van der Waals surface area contributed by atoms with Gasteiger partial charge in [-0.3, -0.25) is 4.99 Å². The lowest BCUT2D eigenvalue weighted by atomic mass is 9.80. The first kappa shape index (κ1) is 20.5. The molecule has 0 amide bonds. The highest BCUT2D eigenvalue weighted by Gasteiger charge is 2.24. The van der Waals surface area contributed by atoms with Gasteiger partial charge >= 0.3 is 0 Å². The Morgan fingerprint density at radius 2 is 1.80 bits per heavy atom. The van der Waals surface area contributed by atoms with Crippen molar-refractivity contribution in [1.29, 1.82) is 0 Å². The Balaban J connectivity index is 1.63. The summed E-state index contributed by atoms with van der Waals surface area (Å²) in [6, 6.07) is 0.595. The summed E-state index contributed by atoms with van der Waals surface area (Å²) in [6.45, 7) is 10.1. The fourth-order valence-electron chi connectivity index (χ4n) is 4.19. The molecule has 0 aromatic carbocycles. The highest BCUT2D eigenvalue weighted by Crippen LogP contribution is 2.29. The first-order chi connectivity index (χ1) is 12.1. The van der Waals surface area contributed by atoms with Crippen LogP contribution >= 0.6 is 0 Å². The summed E-state index contributed by atoms with van der Waals surface area (Å²) in [4.78, 5) is 6.96. The van der Waals surface area contributed by atoms with Gasteiger partial charge in [-0.2, -0.15) is 0 Å². The largest absolute Gasteiger partial charge is 0.383 e. The number of nitrogens with one attached hydrogen (secondary N) is 2. The predicted molar refractivity (Wildman–Crippen MR) is 106 cm³/mol. The first-order valence-corrected chi connectivity index (χ1v) is 10.3. The predicted octanol–water partition coefficient (Wildman–Crippen LogP) is 2.72. The molecule has 25 heavy (non-hydrogen) atoms. The maximum Gasteiger partial charge on any atom is 0.191 e. The molecule has 0 unspecified atom stereocenters. The third-order valence-corrected chi connectivity index (χ3v) is 6.16. The summed E-state index contributed by atoms with van der Waals surface area (Å²) < 4.78 is 5.18. The van der Waals surface area contributed by atoms with Gasteiger partial charge in [-0.05, 0) is 69.4 Å². The first-order valence-electron chi connectivity index (χ1n) is 10.3. The van der Waals surface area contributed by atoms with Crippen molar-refractivity contribution >= 4 is 5.96 Å². The van der Waals surface area contributed by atoms with Crippen LogP contribution in [0.2, 0.25) is 0 Å². The summed E-state index contributed by atoms with van der Waals surface area (Å²) in [7, 11) is 3.67. The number of methoxy groups -OCH3 is 1. The SMILES string of the molecule is CN=C(NCC1CCN(CCOC)CC1)NC1CCC(C(C)C)CC1. The Labute approximate surface area is 155 Å². The average Bonchev–Trinajstić information content (AvgIpc) is 2.64. The fraction of sp³-hybridized carbons (Fsp3) is 0.950. The van der Waals surface area contributed by atoms with E-state index in [1.807, 2.05) is 7.05 Å². The lowest BCUT2D eigenvalue weighted by molar-refractivity contribution is 0.120. The van der Waals surface area contributed by atoms with Gasteiger partial charge in [0.15, 0.2) is 5.96 Å². The van der Waals surface area contributed by atoms with E-state index in [1.165, 1.54) is 51.6 Å². The number of aliphatic imine (C=N–C) groups is 1. The van der Waals surface area contributed by atoms with Crippen LogP contribution in [-0.2, 0) is 4.74 Å². The van der Waals surface area contributed by atoms with Gasteiger partial charge in [0, 0.05) is 33.3 Å². The summed E-state index contributed by atoms with van der Waals surface area (Å²) in [5, 5.41) is 7.23. The molecule has 1 saturated carbocycles. The highest BCUT2D eigenvalue weighted by molar-refractivity contribution is 5.79. The topological polar surface area (TPSA) is 48.9 Å². The molecule has 0 aromatic rings. The van der Waals surface area contributed by atoms with Gasteiger partial charge in [-0.25, -0.2) is 0 Å². The Kier molecular flexibility index (Phi) is 9.04. The summed E-state index contributed by atoms with van der Waals surface area (Å²) in [5.41, 5.74) is 0. The van der Waals surface area contributed by atoms with Crippen molar-refractivity contribution < 1.29 is 4.74 Å². The number of ether oxygens (including phenoxy) is 1. The Morgan fingerprint density at radius 1 is 1.12 bits per heavy atom. The number of hydrogen-bond acceptors (Lipinski definition) is 3. The van der Waals surface area contributed by atoms with Crippen molar-refractivity contribution in [2.24, 2.45) is 22.7 Å². The molecule has 2 aliphatic rings. The number of rotatable bonds is 7. The van der Waals surface area contributed by atoms with Crippen molar-refractivity contribution in [2.45, 2.75) is 58.4 Å². The van der Waals surface area contributed by atoms with E-state index >= 15 is 0 Å². The van der Waals surface area contributed by atoms with Crippen molar-refractivity contribution in [3.8, 4) is 0 Å². The van der Waals surface area contributed by atoms with Crippen molar-refractivity contribution in [3.63, 3.8) is 0 Å². The standard InChI is InChI=1S/C20H40N4O/c1-16(2)18-5-7-19(8-6-18)23-20(21-3)22-15-17-9-11-24(12-10-17)13-14-25-4/h16-19H,5-15H2,1-4H3,(H2,21,22,23). The van der Waals surface area contributed by atoms with Crippen LogP contribution in [0.1, 0.15) is 52.4 Å². The average molecular weight is 353 g/mol. The molecule has 2 rings (SSSR count). The summed E-state index contributed by atoms with van der Waals surface area (Å²) in [5.74, 6) is 3.49. The minimum absolute atomic E-state index is 0.595. The van der Waals surface area contributed by atoms with Crippen molar-refractivity contribution in [1.82, 2.24) is 15.5 Å². The second-order valence-electron chi connectivity index (χ2n) is 8.23. The van der Waals surface area contributed by atoms with Gasteiger partial charge in [0.1, 0.15) is 0 Å². The monoisotopic (exact) mass is 352 g/mol. The summed E-state index contributed by atoms with van der Waals surface area (Å²) in [6.07, 6.45) is 7.81. The number of hydrogen-bond donors (Lipinski definition) is 2. The lowest BCUT2D eigenvalue weighted by Crippen LogP contribution is -2.47. The molecule has 0 aromatic heterocycles. The number of likely N-dealkylation sites (tertiary alicyclic amines) is 1. The quantitative estimate of drug-likeness (QED) is 0.546. The molecule has 146 valence electrons. The van der Waals surface area contributed by atoms with E-state index < -0.39 is 0 Å². The molecule has 1 saturated heterocycles. The van der Waals surface area contributed by atoms with Crippen LogP contribution in [0, 0.1) is 17.8 Å². The Morgan fingerprint density at radius 3 is 2.36 bits per heavy atom. The molecular formula is C20H40N4O. The molecule has 1 heterocycles. The zero-order chi connectivity index (χ0) is 18.1. The van der Waals surface area contributed by atoms with Crippen molar-refractivity contribution in [3.05, 3.63) is 0 Å². The molecule has 0 atom stereocenters. The minimum Gasteiger partial charge on any atom is -0.383 e. The lowest BCUT2D eigenvalue weighted by Gasteiger charge is -2.33. The molecule has 0 spiro atoms. The Hall–Kier alpha value is -0.810. The minimum atomic E-state index is 0.595. The normalized spacial score (nSPS) is 26.8. The van der Waals surface area contributed by atoms with E-state index in [9.17, 15) is 0 Å². The van der Waals surface area contributed by atoms with Gasteiger partial charge in [0.25, 0.3) is 0 Å². The molecule has 5 heteroatoms. The number of guanidine groups is 1. The van der Waals surface area contributed by atoms with Gasteiger partial charge in [0.2, 0.25) is 0 Å². The molecule has 2 fully saturated rings. The van der Waals surface area contributed by atoms with Crippen LogP contribution in [0.15, 0.2) is 4.99 Å². The van der Waals surface area contributed by atoms with Crippen LogP contribution in [0.3, 0.4) is 0 Å². The van der Waals surface area contributed by atoms with E-state index in [1.54, 1.807) is 7.11 Å². The van der Waals surface area contributed by atoms with Crippen LogP contribution in [-0.4, -0.2) is 63.8 Å².